The molecule has 0 atom stereocenters. The van der Waals surface area contributed by atoms with E-state index in [-0.39, 0.29) is 11.5 Å². The highest BCUT2D eigenvalue weighted by Gasteiger charge is 2.21. The van der Waals surface area contributed by atoms with Crippen molar-refractivity contribution in [3.05, 3.63) is 64.2 Å². The number of nitrogens with one attached hydrogen (secondary N) is 3. The van der Waals surface area contributed by atoms with Crippen LogP contribution >= 0.6 is 0 Å². The van der Waals surface area contributed by atoms with Gasteiger partial charge in [0.05, 0.1) is 27.8 Å². The van der Waals surface area contributed by atoms with Crippen molar-refractivity contribution in [1.82, 2.24) is 24.9 Å². The zero-order chi connectivity index (χ0) is 19.8. The number of hydrogen-bond donors (Lipinski definition) is 3. The van der Waals surface area contributed by atoms with Crippen molar-refractivity contribution >= 4 is 28.1 Å². The molecule has 0 amide bonds. The lowest BCUT2D eigenvalue weighted by atomic mass is 9.94. The molecule has 8 nitrogen and oxygen atoms in total. The summed E-state index contributed by atoms with van der Waals surface area (Å²) >= 11 is 0. The van der Waals surface area contributed by atoms with Crippen LogP contribution in [0.1, 0.15) is 30.0 Å². The monoisotopic (exact) mass is 385 g/mol. The maximum Gasteiger partial charge on any atom is 0.251 e. The number of fused-ring (bicyclic) bond motifs is 3. The van der Waals surface area contributed by atoms with Gasteiger partial charge in [-0.2, -0.15) is 10.4 Å². The molecule has 5 rings (SSSR count). The Morgan fingerprint density at radius 3 is 2.90 bits per heavy atom. The summed E-state index contributed by atoms with van der Waals surface area (Å²) in [6, 6.07) is 13.0. The standard InChI is InChI=1S/C21H19N7O/c22-12-14-3-2-8-24-20(14)25-15-4-1-5-16-19(15)21-26-18(29)11-17(28(21)27-16)13-6-9-23-10-7-13/h1-5,8,11,13,23H,6-7,9-10H2,(H,24,25)(H,26,29). The minimum Gasteiger partial charge on any atom is -0.338 e. The number of aromatic amines is 1. The number of rotatable bonds is 3. The fourth-order valence-corrected chi connectivity index (χ4v) is 4.02. The van der Waals surface area contributed by atoms with E-state index in [9.17, 15) is 10.1 Å². The Morgan fingerprint density at radius 1 is 1.21 bits per heavy atom. The smallest absolute Gasteiger partial charge is 0.251 e. The van der Waals surface area contributed by atoms with E-state index in [0.717, 1.165) is 48.2 Å². The van der Waals surface area contributed by atoms with Gasteiger partial charge in [0.2, 0.25) is 0 Å². The molecule has 1 aliphatic heterocycles. The lowest BCUT2D eigenvalue weighted by Crippen LogP contribution is -2.28. The molecule has 1 saturated heterocycles. The first kappa shape index (κ1) is 17.4. The molecule has 3 aromatic heterocycles. The van der Waals surface area contributed by atoms with E-state index < -0.39 is 0 Å². The van der Waals surface area contributed by atoms with E-state index in [1.807, 2.05) is 22.7 Å². The molecule has 4 heterocycles. The van der Waals surface area contributed by atoms with E-state index in [0.29, 0.717) is 17.0 Å². The first-order valence-corrected chi connectivity index (χ1v) is 9.62. The van der Waals surface area contributed by atoms with Crippen LogP contribution in [0, 0.1) is 11.3 Å². The van der Waals surface area contributed by atoms with Gasteiger partial charge in [-0.15, -0.1) is 0 Å². The highest BCUT2D eigenvalue weighted by atomic mass is 16.1. The van der Waals surface area contributed by atoms with Crippen LogP contribution in [-0.4, -0.2) is 32.7 Å². The summed E-state index contributed by atoms with van der Waals surface area (Å²) in [5, 5.41) is 21.5. The first-order chi connectivity index (χ1) is 14.2. The molecular formula is C21H19N7O. The molecular weight excluding hydrogens is 366 g/mol. The van der Waals surface area contributed by atoms with Crippen molar-refractivity contribution in [1.29, 1.82) is 5.26 Å². The Balaban J connectivity index is 1.71. The molecule has 4 aromatic rings. The van der Waals surface area contributed by atoms with E-state index in [1.165, 1.54) is 0 Å². The summed E-state index contributed by atoms with van der Waals surface area (Å²) in [5.41, 5.74) is 3.40. The van der Waals surface area contributed by atoms with Gasteiger partial charge in [-0.3, -0.25) is 4.79 Å². The second-order valence-electron chi connectivity index (χ2n) is 7.18. The Labute approximate surface area is 166 Å². The van der Waals surface area contributed by atoms with Crippen LogP contribution in [0.4, 0.5) is 11.5 Å². The molecule has 0 aliphatic carbocycles. The zero-order valence-electron chi connectivity index (χ0n) is 15.6. The minimum atomic E-state index is -0.141. The molecule has 3 N–H and O–H groups in total. The van der Waals surface area contributed by atoms with Crippen LogP contribution in [0.15, 0.2) is 47.4 Å². The van der Waals surface area contributed by atoms with Gasteiger partial charge in [-0.05, 0) is 50.2 Å². The van der Waals surface area contributed by atoms with E-state index in [4.69, 9.17) is 5.10 Å². The van der Waals surface area contributed by atoms with Crippen molar-refractivity contribution < 1.29 is 0 Å². The number of piperidine rings is 1. The van der Waals surface area contributed by atoms with Crippen molar-refractivity contribution in [3.63, 3.8) is 0 Å². The molecule has 0 bridgehead atoms. The fraction of sp³-hybridized carbons (Fsp3) is 0.238. The molecule has 1 fully saturated rings. The topological polar surface area (TPSA) is 111 Å². The van der Waals surface area contributed by atoms with Crippen molar-refractivity contribution in [2.24, 2.45) is 0 Å². The third kappa shape index (κ3) is 3.02. The largest absolute Gasteiger partial charge is 0.338 e. The average Bonchev–Trinajstić information content (AvgIpc) is 3.13. The number of pyridine rings is 1. The average molecular weight is 385 g/mol. The SMILES string of the molecule is N#Cc1cccnc1Nc1cccc2nn3c(C4CCNCC4)cc(=O)[nH]c3c12. The molecule has 1 aromatic carbocycles. The van der Waals surface area contributed by atoms with E-state index in [2.05, 4.69) is 26.7 Å². The Hall–Kier alpha value is -3.70. The summed E-state index contributed by atoms with van der Waals surface area (Å²) in [6.45, 7) is 1.87. The lowest BCUT2D eigenvalue weighted by Gasteiger charge is -2.23. The summed E-state index contributed by atoms with van der Waals surface area (Å²) in [6.07, 6.45) is 3.58. The number of anilines is 2. The molecule has 0 radical (unpaired) electrons. The molecule has 144 valence electrons. The van der Waals surface area contributed by atoms with E-state index >= 15 is 0 Å². The number of nitriles is 1. The minimum absolute atomic E-state index is 0.141. The number of H-pyrrole nitrogens is 1. The number of benzene rings is 1. The van der Waals surface area contributed by atoms with Gasteiger partial charge in [0.1, 0.15) is 17.5 Å². The lowest BCUT2D eigenvalue weighted by molar-refractivity contribution is 0.446. The van der Waals surface area contributed by atoms with Crippen molar-refractivity contribution in [2.45, 2.75) is 18.8 Å². The molecule has 0 unspecified atom stereocenters. The van der Waals surface area contributed by atoms with Gasteiger partial charge in [0, 0.05) is 18.2 Å². The van der Waals surface area contributed by atoms with Gasteiger partial charge >= 0.3 is 0 Å². The highest BCUT2D eigenvalue weighted by molar-refractivity contribution is 6.03. The molecule has 8 heteroatoms. The maximum atomic E-state index is 12.5. The van der Waals surface area contributed by atoms with Gasteiger partial charge in [-0.25, -0.2) is 9.50 Å². The Morgan fingerprint density at radius 2 is 2.07 bits per heavy atom. The summed E-state index contributed by atoms with van der Waals surface area (Å²) < 4.78 is 1.86. The third-order valence-corrected chi connectivity index (χ3v) is 5.40. The van der Waals surface area contributed by atoms with Gasteiger partial charge in [-0.1, -0.05) is 6.07 Å². The van der Waals surface area contributed by atoms with Crippen molar-refractivity contribution in [3.8, 4) is 6.07 Å². The predicted octanol–water partition coefficient (Wildman–Crippen LogP) is 2.65. The van der Waals surface area contributed by atoms with Crippen LogP contribution in [0.25, 0.3) is 16.6 Å². The maximum absolute atomic E-state index is 12.5. The van der Waals surface area contributed by atoms with Gasteiger partial charge < -0.3 is 15.6 Å². The van der Waals surface area contributed by atoms with Crippen molar-refractivity contribution in [2.75, 3.05) is 18.4 Å². The number of aromatic nitrogens is 4. The molecule has 29 heavy (non-hydrogen) atoms. The summed E-state index contributed by atoms with van der Waals surface area (Å²) in [7, 11) is 0. The number of nitrogens with zero attached hydrogens (tertiary/aromatic N) is 4. The Kier molecular flexibility index (Phi) is 4.22. The van der Waals surface area contributed by atoms with Crippen LogP contribution < -0.4 is 16.2 Å². The predicted molar refractivity (Wildman–Crippen MR) is 110 cm³/mol. The zero-order valence-corrected chi connectivity index (χ0v) is 15.6. The third-order valence-electron chi connectivity index (χ3n) is 5.40. The highest BCUT2D eigenvalue weighted by Crippen LogP contribution is 2.32. The second kappa shape index (κ2) is 7.04. The molecule has 0 spiro atoms. The van der Waals surface area contributed by atoms with Crippen LogP contribution in [0.5, 0.6) is 0 Å². The van der Waals surface area contributed by atoms with Gasteiger partial charge in [0.15, 0.2) is 0 Å². The summed E-state index contributed by atoms with van der Waals surface area (Å²) in [5.74, 6) is 0.756. The molecule has 0 saturated carbocycles. The first-order valence-electron chi connectivity index (χ1n) is 9.62. The fourth-order valence-electron chi connectivity index (χ4n) is 4.02. The van der Waals surface area contributed by atoms with Gasteiger partial charge in [0.25, 0.3) is 5.56 Å². The second-order valence-corrected chi connectivity index (χ2v) is 7.18. The quantitative estimate of drug-likeness (QED) is 0.500. The molecule has 1 aliphatic rings. The van der Waals surface area contributed by atoms with E-state index in [1.54, 1.807) is 24.4 Å². The normalized spacial score (nSPS) is 14.9. The van der Waals surface area contributed by atoms with Crippen LogP contribution in [-0.2, 0) is 0 Å². The summed E-state index contributed by atoms with van der Waals surface area (Å²) in [4.78, 5) is 19.7. The van der Waals surface area contributed by atoms with Crippen LogP contribution in [0.3, 0.4) is 0 Å². The Bertz CT molecular complexity index is 1310. The van der Waals surface area contributed by atoms with Crippen LogP contribution in [0.2, 0.25) is 0 Å². The number of hydrogen-bond acceptors (Lipinski definition) is 6.